The number of hydrogen-bond donors (Lipinski definition) is 1. The van der Waals surface area contributed by atoms with Gasteiger partial charge in [-0.25, -0.2) is 4.39 Å². The fourth-order valence-electron chi connectivity index (χ4n) is 2.53. The van der Waals surface area contributed by atoms with Crippen LogP contribution in [0.4, 0.5) is 4.39 Å². The van der Waals surface area contributed by atoms with E-state index in [-0.39, 0.29) is 5.82 Å². The molecule has 94 valence electrons. The van der Waals surface area contributed by atoms with Gasteiger partial charge in [0.25, 0.3) is 0 Å². The van der Waals surface area contributed by atoms with Crippen LogP contribution in [-0.4, -0.2) is 24.0 Å². The Labute approximate surface area is 103 Å². The Morgan fingerprint density at radius 2 is 2.12 bits per heavy atom. The first-order valence-electron chi connectivity index (χ1n) is 6.37. The van der Waals surface area contributed by atoms with Crippen molar-refractivity contribution in [1.82, 2.24) is 4.90 Å². The summed E-state index contributed by atoms with van der Waals surface area (Å²) in [5.41, 5.74) is 6.98. The van der Waals surface area contributed by atoms with Crippen LogP contribution in [0.3, 0.4) is 0 Å². The molecule has 0 bridgehead atoms. The third kappa shape index (κ3) is 3.51. The van der Waals surface area contributed by atoms with Gasteiger partial charge in [0.15, 0.2) is 0 Å². The van der Waals surface area contributed by atoms with Crippen molar-refractivity contribution in [2.45, 2.75) is 32.4 Å². The highest BCUT2D eigenvalue weighted by Crippen LogP contribution is 2.21. The van der Waals surface area contributed by atoms with Gasteiger partial charge in [-0.2, -0.15) is 0 Å². The molecule has 3 heteroatoms. The average molecular weight is 236 g/mol. The number of likely N-dealkylation sites (tertiary alicyclic amines) is 1. The molecular weight excluding hydrogens is 215 g/mol. The molecule has 1 fully saturated rings. The first-order valence-corrected chi connectivity index (χ1v) is 6.37. The zero-order valence-corrected chi connectivity index (χ0v) is 10.4. The summed E-state index contributed by atoms with van der Waals surface area (Å²) in [6, 6.07) is 7.18. The van der Waals surface area contributed by atoms with Crippen molar-refractivity contribution < 1.29 is 4.39 Å². The maximum Gasteiger partial charge on any atom is 0.123 e. The third-order valence-electron chi connectivity index (χ3n) is 3.67. The third-order valence-corrected chi connectivity index (χ3v) is 3.67. The van der Waals surface area contributed by atoms with E-state index in [1.54, 1.807) is 12.1 Å². The molecule has 2 nitrogen and oxygen atoms in total. The van der Waals surface area contributed by atoms with Crippen molar-refractivity contribution >= 4 is 0 Å². The van der Waals surface area contributed by atoms with E-state index in [9.17, 15) is 4.39 Å². The molecule has 17 heavy (non-hydrogen) atoms. The quantitative estimate of drug-likeness (QED) is 0.873. The van der Waals surface area contributed by atoms with Crippen molar-refractivity contribution in [1.29, 1.82) is 0 Å². The summed E-state index contributed by atoms with van der Waals surface area (Å²) in [6.07, 6.45) is 2.32. The van der Waals surface area contributed by atoms with Crippen LogP contribution in [0, 0.1) is 11.7 Å². The van der Waals surface area contributed by atoms with Crippen LogP contribution in [0.1, 0.15) is 25.3 Å². The minimum atomic E-state index is -0.145. The molecule has 2 rings (SSSR count). The van der Waals surface area contributed by atoms with Crippen LogP contribution < -0.4 is 5.73 Å². The number of piperidine rings is 1. The molecule has 0 aromatic heterocycles. The fourth-order valence-corrected chi connectivity index (χ4v) is 2.53. The SMILES string of the molecule is CC(N)C1CCN(Cc2cccc(F)c2)CC1. The molecule has 0 aliphatic carbocycles. The molecule has 2 N–H and O–H groups in total. The largest absolute Gasteiger partial charge is 0.328 e. The zero-order valence-electron chi connectivity index (χ0n) is 10.4. The normalized spacial score (nSPS) is 20.4. The molecule has 0 spiro atoms. The van der Waals surface area contributed by atoms with Gasteiger partial charge in [-0.15, -0.1) is 0 Å². The van der Waals surface area contributed by atoms with Crippen molar-refractivity contribution in [3.8, 4) is 0 Å². The molecule has 1 aliphatic rings. The number of benzene rings is 1. The summed E-state index contributed by atoms with van der Waals surface area (Å²) in [7, 11) is 0. The standard InChI is InChI=1S/C14H21FN2/c1-11(16)13-5-7-17(8-6-13)10-12-3-2-4-14(15)9-12/h2-4,9,11,13H,5-8,10,16H2,1H3. The van der Waals surface area contributed by atoms with Gasteiger partial charge in [-0.05, 0) is 56.5 Å². The van der Waals surface area contributed by atoms with Gasteiger partial charge in [-0.1, -0.05) is 12.1 Å². The van der Waals surface area contributed by atoms with Crippen LogP contribution in [-0.2, 0) is 6.54 Å². The van der Waals surface area contributed by atoms with E-state index < -0.39 is 0 Å². The Hall–Kier alpha value is -0.930. The van der Waals surface area contributed by atoms with Crippen molar-refractivity contribution in [2.75, 3.05) is 13.1 Å². The van der Waals surface area contributed by atoms with E-state index in [1.165, 1.54) is 6.07 Å². The zero-order chi connectivity index (χ0) is 12.3. The average Bonchev–Trinajstić information content (AvgIpc) is 2.29. The van der Waals surface area contributed by atoms with Crippen molar-refractivity contribution in [3.05, 3.63) is 35.6 Å². The Balaban J connectivity index is 1.86. The summed E-state index contributed by atoms with van der Waals surface area (Å²) in [5, 5.41) is 0. The van der Waals surface area contributed by atoms with E-state index >= 15 is 0 Å². The number of hydrogen-bond acceptors (Lipinski definition) is 2. The van der Waals surface area contributed by atoms with E-state index in [4.69, 9.17) is 5.73 Å². The molecule has 1 aromatic carbocycles. The van der Waals surface area contributed by atoms with Gasteiger partial charge in [0.2, 0.25) is 0 Å². The van der Waals surface area contributed by atoms with Crippen LogP contribution >= 0.6 is 0 Å². The van der Waals surface area contributed by atoms with E-state index in [0.29, 0.717) is 12.0 Å². The van der Waals surface area contributed by atoms with E-state index in [2.05, 4.69) is 11.8 Å². The first kappa shape index (κ1) is 12.5. The van der Waals surface area contributed by atoms with Gasteiger partial charge in [0.1, 0.15) is 5.82 Å². The molecule has 1 aromatic rings. The highest BCUT2D eigenvalue weighted by molar-refractivity contribution is 5.16. The Kier molecular flexibility index (Phi) is 4.13. The monoisotopic (exact) mass is 236 g/mol. The topological polar surface area (TPSA) is 29.3 Å². The summed E-state index contributed by atoms with van der Waals surface area (Å²) in [5.74, 6) is 0.506. The van der Waals surface area contributed by atoms with E-state index in [1.807, 2.05) is 6.07 Å². The molecule has 1 atom stereocenters. The van der Waals surface area contributed by atoms with Crippen LogP contribution in [0.25, 0.3) is 0 Å². The number of halogens is 1. The van der Waals surface area contributed by atoms with Gasteiger partial charge in [-0.3, -0.25) is 4.90 Å². The van der Waals surface area contributed by atoms with Crippen LogP contribution in [0.5, 0.6) is 0 Å². The maximum absolute atomic E-state index is 13.1. The summed E-state index contributed by atoms with van der Waals surface area (Å²) in [6.45, 7) is 5.09. The summed E-state index contributed by atoms with van der Waals surface area (Å²) in [4.78, 5) is 2.38. The van der Waals surface area contributed by atoms with Crippen LogP contribution in [0.15, 0.2) is 24.3 Å². The summed E-state index contributed by atoms with van der Waals surface area (Å²) >= 11 is 0. The van der Waals surface area contributed by atoms with Gasteiger partial charge in [0.05, 0.1) is 0 Å². The van der Waals surface area contributed by atoms with Gasteiger partial charge in [0, 0.05) is 12.6 Å². The fraction of sp³-hybridized carbons (Fsp3) is 0.571. The summed E-state index contributed by atoms with van der Waals surface area (Å²) < 4.78 is 13.1. The lowest BCUT2D eigenvalue weighted by atomic mass is 9.91. The van der Waals surface area contributed by atoms with Gasteiger partial charge >= 0.3 is 0 Å². The molecule has 0 radical (unpaired) electrons. The van der Waals surface area contributed by atoms with E-state index in [0.717, 1.165) is 38.0 Å². The lowest BCUT2D eigenvalue weighted by Gasteiger charge is -2.33. The molecular formula is C14H21FN2. The smallest absolute Gasteiger partial charge is 0.123 e. The molecule has 0 amide bonds. The molecule has 1 aliphatic heterocycles. The number of nitrogens with zero attached hydrogens (tertiary/aromatic N) is 1. The second kappa shape index (κ2) is 5.61. The minimum Gasteiger partial charge on any atom is -0.328 e. The molecule has 1 unspecified atom stereocenters. The lowest BCUT2D eigenvalue weighted by molar-refractivity contribution is 0.165. The lowest BCUT2D eigenvalue weighted by Crippen LogP contribution is -2.39. The Bertz CT molecular complexity index is 357. The second-order valence-corrected chi connectivity index (χ2v) is 5.10. The Morgan fingerprint density at radius 3 is 2.71 bits per heavy atom. The van der Waals surface area contributed by atoms with Gasteiger partial charge < -0.3 is 5.73 Å². The molecule has 1 heterocycles. The second-order valence-electron chi connectivity index (χ2n) is 5.10. The maximum atomic E-state index is 13.1. The minimum absolute atomic E-state index is 0.145. The number of rotatable bonds is 3. The predicted molar refractivity (Wildman–Crippen MR) is 68.1 cm³/mol. The Morgan fingerprint density at radius 1 is 1.41 bits per heavy atom. The first-order chi connectivity index (χ1) is 8.15. The highest BCUT2D eigenvalue weighted by atomic mass is 19.1. The highest BCUT2D eigenvalue weighted by Gasteiger charge is 2.21. The predicted octanol–water partition coefficient (Wildman–Crippen LogP) is 2.38. The van der Waals surface area contributed by atoms with Crippen LogP contribution in [0.2, 0.25) is 0 Å². The van der Waals surface area contributed by atoms with Crippen molar-refractivity contribution in [3.63, 3.8) is 0 Å². The molecule has 1 saturated heterocycles. The number of nitrogens with two attached hydrogens (primary N) is 1. The van der Waals surface area contributed by atoms with Crippen molar-refractivity contribution in [2.24, 2.45) is 11.7 Å². The molecule has 0 saturated carbocycles.